The molecule has 2 heteroatoms. The first-order chi connectivity index (χ1) is 18.2. The molecule has 2 unspecified atom stereocenters. The highest BCUT2D eigenvalue weighted by atomic mass is 16.5. The van der Waals surface area contributed by atoms with Gasteiger partial charge < -0.3 is 4.74 Å². The summed E-state index contributed by atoms with van der Waals surface area (Å²) >= 11 is 0. The summed E-state index contributed by atoms with van der Waals surface area (Å²) in [6.07, 6.45) is 36.1. The molecule has 2 nitrogen and oxygen atoms in total. The van der Waals surface area contributed by atoms with Crippen LogP contribution in [0.5, 0.6) is 0 Å². The summed E-state index contributed by atoms with van der Waals surface area (Å²) < 4.78 is 5.87. The fourth-order valence-electron chi connectivity index (χ4n) is 5.49. The predicted molar refractivity (Wildman–Crippen MR) is 165 cm³/mol. The first kappa shape index (κ1) is 36.5. The van der Waals surface area contributed by atoms with Crippen LogP contribution in [-0.2, 0) is 9.53 Å². The third-order valence-electron chi connectivity index (χ3n) is 8.29. The first-order valence-corrected chi connectivity index (χ1v) is 17.3. The average Bonchev–Trinajstić information content (AvgIpc) is 2.90. The summed E-state index contributed by atoms with van der Waals surface area (Å²) in [5.41, 5.74) is 0. The molecule has 0 spiro atoms. The van der Waals surface area contributed by atoms with Crippen molar-refractivity contribution in [1.29, 1.82) is 0 Å². The smallest absolute Gasteiger partial charge is 0.308 e. The Hall–Kier alpha value is -0.530. The summed E-state index contributed by atoms with van der Waals surface area (Å²) in [6.45, 7) is 9.57. The van der Waals surface area contributed by atoms with Gasteiger partial charge in [0.25, 0.3) is 0 Å². The fourth-order valence-corrected chi connectivity index (χ4v) is 5.49. The molecule has 222 valence electrons. The summed E-state index contributed by atoms with van der Waals surface area (Å²) in [5, 5.41) is 0. The van der Waals surface area contributed by atoms with Crippen molar-refractivity contribution in [2.45, 2.75) is 201 Å². The van der Waals surface area contributed by atoms with Crippen molar-refractivity contribution in [2.24, 2.45) is 11.8 Å². The van der Waals surface area contributed by atoms with E-state index >= 15 is 0 Å². The molecule has 0 aromatic carbocycles. The standard InChI is InChI=1S/C35H70O2/c1-5-8-11-14-16-17-18-19-20-22-25-28-31-34(30-27-23-13-10-7-3)32-37-35(36)33(4)29-26-24-21-15-12-9-6-2/h33-34H,5-32H2,1-4H3. The molecule has 0 fully saturated rings. The average molecular weight is 523 g/mol. The lowest BCUT2D eigenvalue weighted by Gasteiger charge is -2.19. The lowest BCUT2D eigenvalue weighted by molar-refractivity contribution is -0.149. The maximum Gasteiger partial charge on any atom is 0.308 e. The Morgan fingerprint density at radius 2 is 0.757 bits per heavy atom. The number of esters is 1. The third-order valence-corrected chi connectivity index (χ3v) is 8.29. The van der Waals surface area contributed by atoms with Crippen LogP contribution < -0.4 is 0 Å². The van der Waals surface area contributed by atoms with Gasteiger partial charge in [-0.15, -0.1) is 0 Å². The Bertz CT molecular complexity index is 447. The van der Waals surface area contributed by atoms with E-state index in [1.165, 1.54) is 167 Å². The van der Waals surface area contributed by atoms with Gasteiger partial charge in [0.2, 0.25) is 0 Å². The van der Waals surface area contributed by atoms with Crippen LogP contribution in [0, 0.1) is 11.8 Å². The number of ether oxygens (including phenoxy) is 1. The van der Waals surface area contributed by atoms with Gasteiger partial charge in [0.05, 0.1) is 12.5 Å². The van der Waals surface area contributed by atoms with E-state index in [1.54, 1.807) is 0 Å². The van der Waals surface area contributed by atoms with Crippen LogP contribution in [0.4, 0.5) is 0 Å². The fraction of sp³-hybridized carbons (Fsp3) is 0.971. The normalized spacial score (nSPS) is 13.1. The number of unbranched alkanes of at least 4 members (excludes halogenated alkanes) is 21. The Labute approximate surface area is 234 Å². The minimum atomic E-state index is 0.0525. The number of carbonyl (C=O) groups excluding carboxylic acids is 1. The number of hydrogen-bond donors (Lipinski definition) is 0. The zero-order valence-electron chi connectivity index (χ0n) is 26.3. The van der Waals surface area contributed by atoms with E-state index < -0.39 is 0 Å². The first-order valence-electron chi connectivity index (χ1n) is 17.3. The van der Waals surface area contributed by atoms with Crippen LogP contribution in [0.15, 0.2) is 0 Å². The van der Waals surface area contributed by atoms with Crippen molar-refractivity contribution in [2.75, 3.05) is 6.61 Å². The van der Waals surface area contributed by atoms with Crippen molar-refractivity contribution in [3.05, 3.63) is 0 Å². The van der Waals surface area contributed by atoms with E-state index in [0.717, 1.165) is 6.42 Å². The second-order valence-corrected chi connectivity index (χ2v) is 12.2. The van der Waals surface area contributed by atoms with Crippen LogP contribution in [0.3, 0.4) is 0 Å². The van der Waals surface area contributed by atoms with Gasteiger partial charge in [-0.3, -0.25) is 4.79 Å². The highest BCUT2D eigenvalue weighted by molar-refractivity contribution is 5.71. The topological polar surface area (TPSA) is 26.3 Å². The van der Waals surface area contributed by atoms with Crippen molar-refractivity contribution >= 4 is 5.97 Å². The van der Waals surface area contributed by atoms with Crippen molar-refractivity contribution < 1.29 is 9.53 Å². The summed E-state index contributed by atoms with van der Waals surface area (Å²) in [6, 6.07) is 0. The zero-order valence-corrected chi connectivity index (χ0v) is 26.3. The molecule has 0 aromatic rings. The van der Waals surface area contributed by atoms with Gasteiger partial charge in [0.15, 0.2) is 0 Å². The maximum atomic E-state index is 12.6. The summed E-state index contributed by atoms with van der Waals surface area (Å²) in [4.78, 5) is 12.6. The molecule has 37 heavy (non-hydrogen) atoms. The van der Waals surface area contributed by atoms with E-state index in [-0.39, 0.29) is 11.9 Å². The van der Waals surface area contributed by atoms with Crippen molar-refractivity contribution in [3.8, 4) is 0 Å². The van der Waals surface area contributed by atoms with Crippen LogP contribution >= 0.6 is 0 Å². The minimum absolute atomic E-state index is 0.0525. The Balaban J connectivity index is 4.03. The highest BCUT2D eigenvalue weighted by Crippen LogP contribution is 2.21. The van der Waals surface area contributed by atoms with Crippen LogP contribution in [-0.4, -0.2) is 12.6 Å². The third kappa shape index (κ3) is 26.8. The Morgan fingerprint density at radius 1 is 0.459 bits per heavy atom. The van der Waals surface area contributed by atoms with Gasteiger partial charge in [0.1, 0.15) is 0 Å². The number of rotatable bonds is 30. The quantitative estimate of drug-likeness (QED) is 0.0692. The van der Waals surface area contributed by atoms with Crippen LogP contribution in [0.25, 0.3) is 0 Å². The van der Waals surface area contributed by atoms with E-state index in [4.69, 9.17) is 4.74 Å². The van der Waals surface area contributed by atoms with Gasteiger partial charge in [0, 0.05) is 0 Å². The molecular formula is C35H70O2. The van der Waals surface area contributed by atoms with Crippen LogP contribution in [0.1, 0.15) is 201 Å². The maximum absolute atomic E-state index is 12.6. The van der Waals surface area contributed by atoms with Gasteiger partial charge >= 0.3 is 5.97 Å². The van der Waals surface area contributed by atoms with Crippen molar-refractivity contribution in [1.82, 2.24) is 0 Å². The molecule has 0 rings (SSSR count). The molecule has 0 aromatic heterocycles. The summed E-state index contributed by atoms with van der Waals surface area (Å²) in [7, 11) is 0. The largest absolute Gasteiger partial charge is 0.465 e. The van der Waals surface area contributed by atoms with Gasteiger partial charge in [-0.1, -0.05) is 182 Å². The van der Waals surface area contributed by atoms with E-state index in [1.807, 2.05) is 0 Å². The van der Waals surface area contributed by atoms with E-state index in [0.29, 0.717) is 12.5 Å². The van der Waals surface area contributed by atoms with Crippen LogP contribution in [0.2, 0.25) is 0 Å². The zero-order chi connectivity index (χ0) is 27.2. The van der Waals surface area contributed by atoms with Gasteiger partial charge in [-0.2, -0.15) is 0 Å². The second kappa shape index (κ2) is 30.0. The second-order valence-electron chi connectivity index (χ2n) is 12.2. The molecule has 0 saturated heterocycles. The summed E-state index contributed by atoms with van der Waals surface area (Å²) in [5.74, 6) is 0.684. The Kier molecular flexibility index (Phi) is 29.6. The molecule has 0 saturated carbocycles. The molecular weight excluding hydrogens is 452 g/mol. The van der Waals surface area contributed by atoms with Gasteiger partial charge in [-0.25, -0.2) is 0 Å². The van der Waals surface area contributed by atoms with Crippen molar-refractivity contribution in [3.63, 3.8) is 0 Å². The SMILES string of the molecule is CCCCCCCCCCCCCCC(CCCCCCC)COC(=O)C(C)CCCCCCCCC. The lowest BCUT2D eigenvalue weighted by atomic mass is 9.94. The molecule has 0 aliphatic carbocycles. The molecule has 2 atom stereocenters. The van der Waals surface area contributed by atoms with E-state index in [2.05, 4.69) is 27.7 Å². The van der Waals surface area contributed by atoms with E-state index in [9.17, 15) is 4.79 Å². The number of carbonyl (C=O) groups is 1. The minimum Gasteiger partial charge on any atom is -0.465 e. The molecule has 0 aliphatic rings. The molecule has 0 radical (unpaired) electrons. The molecule has 0 heterocycles. The van der Waals surface area contributed by atoms with Gasteiger partial charge in [-0.05, 0) is 25.2 Å². The molecule has 0 bridgehead atoms. The number of hydrogen-bond acceptors (Lipinski definition) is 2. The Morgan fingerprint density at radius 3 is 1.11 bits per heavy atom. The monoisotopic (exact) mass is 523 g/mol. The molecule has 0 amide bonds. The molecule has 0 aliphatic heterocycles. The lowest BCUT2D eigenvalue weighted by Crippen LogP contribution is -2.20. The predicted octanol–water partition coefficient (Wildman–Crippen LogP) is 12.4. The highest BCUT2D eigenvalue weighted by Gasteiger charge is 2.17. The molecule has 0 N–H and O–H groups in total.